The normalized spacial score (nSPS) is 12.8. The van der Waals surface area contributed by atoms with Crippen LogP contribution in [-0.2, 0) is 0 Å². The fourth-order valence-electron chi connectivity index (χ4n) is 0.838. The maximum Gasteiger partial charge on any atom is 0.0689 e. The molecule has 0 aromatic rings. The Morgan fingerprint density at radius 1 is 1.25 bits per heavy atom. The molecule has 3 nitrogen and oxygen atoms in total. The van der Waals surface area contributed by atoms with Crippen molar-refractivity contribution in [1.29, 1.82) is 0 Å². The molecule has 12 heavy (non-hydrogen) atoms. The van der Waals surface area contributed by atoms with Gasteiger partial charge in [0, 0.05) is 6.17 Å². The van der Waals surface area contributed by atoms with Crippen LogP contribution >= 0.6 is 0 Å². The van der Waals surface area contributed by atoms with Crippen LogP contribution in [-0.4, -0.2) is 24.8 Å². The second-order valence-corrected chi connectivity index (χ2v) is 10.8. The van der Waals surface area contributed by atoms with Crippen LogP contribution < -0.4 is 0 Å². The average Bonchev–Trinajstić information content (AvgIpc) is 1.78. The van der Waals surface area contributed by atoms with Crippen molar-refractivity contribution in [3.05, 3.63) is 4.91 Å². The highest BCUT2D eigenvalue weighted by Gasteiger charge is 2.26. The van der Waals surface area contributed by atoms with Gasteiger partial charge in [0.2, 0.25) is 0 Å². The first-order valence-electron chi connectivity index (χ1n) is 4.28. The highest BCUT2D eigenvalue weighted by molar-refractivity contribution is 6.76. The molecule has 0 aromatic carbocycles. The van der Waals surface area contributed by atoms with E-state index < -0.39 is 8.07 Å². The zero-order chi connectivity index (χ0) is 9.99. The summed E-state index contributed by atoms with van der Waals surface area (Å²) >= 11 is 0. The molecule has 0 spiro atoms. The summed E-state index contributed by atoms with van der Waals surface area (Å²) in [5.74, 6) is 0. The molecule has 72 valence electrons. The summed E-state index contributed by atoms with van der Waals surface area (Å²) in [6, 6.07) is 0. The molecule has 4 heteroatoms. The molecule has 0 saturated heterocycles. The van der Waals surface area contributed by atoms with E-state index in [1.165, 1.54) is 0 Å². The minimum absolute atomic E-state index is 0.137. The van der Waals surface area contributed by atoms with Crippen LogP contribution in [0, 0.1) is 4.91 Å². The SMILES string of the molecule is CC(C)(C)N(C[Si](C)(C)C)N=O. The Kier molecular flexibility index (Phi) is 3.44. The van der Waals surface area contributed by atoms with E-state index >= 15 is 0 Å². The van der Waals surface area contributed by atoms with Crippen molar-refractivity contribution in [3.8, 4) is 0 Å². The molecule has 0 radical (unpaired) electrons. The molecule has 0 unspecified atom stereocenters. The van der Waals surface area contributed by atoms with Crippen LogP contribution in [0.1, 0.15) is 20.8 Å². The third-order valence-corrected chi connectivity index (χ3v) is 2.75. The Labute approximate surface area is 76.1 Å². The number of nitroso groups, excluding NO2 is 1. The number of nitrogens with zero attached hydrogens (tertiary/aromatic N) is 2. The Morgan fingerprint density at radius 3 is 1.75 bits per heavy atom. The Morgan fingerprint density at radius 2 is 1.67 bits per heavy atom. The minimum atomic E-state index is -1.22. The maximum absolute atomic E-state index is 10.5. The van der Waals surface area contributed by atoms with E-state index in [9.17, 15) is 4.91 Å². The molecular formula is C8H20N2OSi. The molecule has 0 heterocycles. The molecule has 0 aliphatic carbocycles. The molecule has 0 saturated carbocycles. The van der Waals surface area contributed by atoms with Crippen LogP contribution in [0.3, 0.4) is 0 Å². The summed E-state index contributed by atoms with van der Waals surface area (Å²) in [5, 5.41) is 4.71. The van der Waals surface area contributed by atoms with Crippen LogP contribution in [0.15, 0.2) is 5.29 Å². The van der Waals surface area contributed by atoms with Gasteiger partial charge in [-0.1, -0.05) is 19.6 Å². The predicted molar refractivity (Wildman–Crippen MR) is 55.6 cm³/mol. The molecule has 0 amide bonds. The zero-order valence-electron chi connectivity index (χ0n) is 9.01. The van der Waals surface area contributed by atoms with Gasteiger partial charge in [0.15, 0.2) is 0 Å². The van der Waals surface area contributed by atoms with Crippen molar-refractivity contribution in [2.24, 2.45) is 5.29 Å². The second kappa shape index (κ2) is 3.56. The zero-order valence-corrected chi connectivity index (χ0v) is 10.0. The van der Waals surface area contributed by atoms with E-state index in [2.05, 4.69) is 24.9 Å². The van der Waals surface area contributed by atoms with Crippen molar-refractivity contribution in [2.75, 3.05) is 6.17 Å². The molecule has 0 aromatic heterocycles. The lowest BCUT2D eigenvalue weighted by Crippen LogP contribution is -2.46. The van der Waals surface area contributed by atoms with Gasteiger partial charge in [0.05, 0.1) is 18.9 Å². The van der Waals surface area contributed by atoms with Gasteiger partial charge < -0.3 is 0 Å². The van der Waals surface area contributed by atoms with Gasteiger partial charge in [-0.3, -0.25) is 5.01 Å². The lowest BCUT2D eigenvalue weighted by atomic mass is 10.1. The lowest BCUT2D eigenvalue weighted by molar-refractivity contribution is 0.165. The van der Waals surface area contributed by atoms with Crippen molar-refractivity contribution >= 4 is 8.07 Å². The highest BCUT2D eigenvalue weighted by atomic mass is 28.3. The first kappa shape index (κ1) is 11.6. The third kappa shape index (κ3) is 4.49. The van der Waals surface area contributed by atoms with Gasteiger partial charge in [0.1, 0.15) is 0 Å². The number of hydrogen-bond donors (Lipinski definition) is 0. The molecule has 0 rings (SSSR count). The first-order valence-corrected chi connectivity index (χ1v) is 7.98. The highest BCUT2D eigenvalue weighted by Crippen LogP contribution is 2.16. The average molecular weight is 188 g/mol. The summed E-state index contributed by atoms with van der Waals surface area (Å²) < 4.78 is 0. The predicted octanol–water partition coefficient (Wildman–Crippen LogP) is 2.65. The smallest absolute Gasteiger partial charge is 0.0689 e. The topological polar surface area (TPSA) is 32.7 Å². The molecule has 0 atom stereocenters. The van der Waals surface area contributed by atoms with Crippen molar-refractivity contribution in [1.82, 2.24) is 5.01 Å². The Hall–Kier alpha value is -0.383. The fourth-order valence-corrected chi connectivity index (χ4v) is 2.27. The number of rotatable bonds is 3. The first-order chi connectivity index (χ1) is 5.17. The summed E-state index contributed by atoms with van der Waals surface area (Å²) in [6.45, 7) is 12.7. The second-order valence-electron chi connectivity index (χ2n) is 5.37. The van der Waals surface area contributed by atoms with Crippen LogP contribution in [0.25, 0.3) is 0 Å². The molecule has 0 N–H and O–H groups in total. The quantitative estimate of drug-likeness (QED) is 0.387. The van der Waals surface area contributed by atoms with Crippen molar-refractivity contribution in [2.45, 2.75) is 46.0 Å². The van der Waals surface area contributed by atoms with Gasteiger partial charge in [-0.15, -0.1) is 4.91 Å². The molecule has 0 bridgehead atoms. The van der Waals surface area contributed by atoms with Gasteiger partial charge in [-0.2, -0.15) is 0 Å². The van der Waals surface area contributed by atoms with E-state index in [-0.39, 0.29) is 5.54 Å². The lowest BCUT2D eigenvalue weighted by Gasteiger charge is -2.34. The summed E-state index contributed by atoms with van der Waals surface area (Å²) in [5.41, 5.74) is -0.137. The maximum atomic E-state index is 10.5. The van der Waals surface area contributed by atoms with Gasteiger partial charge >= 0.3 is 0 Å². The Balaban J connectivity index is 4.30. The van der Waals surface area contributed by atoms with Gasteiger partial charge in [-0.25, -0.2) is 0 Å². The summed E-state index contributed by atoms with van der Waals surface area (Å²) in [6.07, 6.45) is 0.833. The van der Waals surface area contributed by atoms with Crippen LogP contribution in [0.2, 0.25) is 19.6 Å². The van der Waals surface area contributed by atoms with Gasteiger partial charge in [-0.05, 0) is 20.8 Å². The summed E-state index contributed by atoms with van der Waals surface area (Å²) in [7, 11) is -1.22. The van der Waals surface area contributed by atoms with Crippen LogP contribution in [0.4, 0.5) is 0 Å². The third-order valence-electron chi connectivity index (χ3n) is 1.50. The van der Waals surface area contributed by atoms with Crippen LogP contribution in [0.5, 0.6) is 0 Å². The van der Waals surface area contributed by atoms with E-state index in [1.807, 2.05) is 20.8 Å². The monoisotopic (exact) mass is 188 g/mol. The van der Waals surface area contributed by atoms with E-state index in [0.717, 1.165) is 6.17 Å². The molecular weight excluding hydrogens is 168 g/mol. The summed E-state index contributed by atoms with van der Waals surface area (Å²) in [4.78, 5) is 10.5. The fraction of sp³-hybridized carbons (Fsp3) is 1.00. The molecule has 0 fully saturated rings. The van der Waals surface area contributed by atoms with E-state index in [1.54, 1.807) is 5.01 Å². The van der Waals surface area contributed by atoms with Crippen molar-refractivity contribution in [3.63, 3.8) is 0 Å². The number of hydrogen-bond acceptors (Lipinski definition) is 2. The Bertz CT molecular complexity index is 157. The van der Waals surface area contributed by atoms with E-state index in [4.69, 9.17) is 0 Å². The standard InChI is InChI=1S/C8H20N2OSi/c1-8(2,3)10(9-11)7-12(4,5)6/h7H2,1-6H3. The van der Waals surface area contributed by atoms with Gasteiger partial charge in [0.25, 0.3) is 0 Å². The molecule has 0 aliphatic heterocycles. The van der Waals surface area contributed by atoms with E-state index in [0.29, 0.717) is 0 Å². The minimum Gasteiger partial charge on any atom is -0.259 e. The van der Waals surface area contributed by atoms with Crippen molar-refractivity contribution < 1.29 is 0 Å². The molecule has 0 aliphatic rings. The largest absolute Gasteiger partial charge is 0.259 e.